The first kappa shape index (κ1) is 17.8. The number of primary sulfonamides is 1. The van der Waals surface area contributed by atoms with Gasteiger partial charge in [-0.25, -0.2) is 13.6 Å². The molecule has 2 heterocycles. The number of carbonyl (C=O) groups is 2. The Morgan fingerprint density at radius 1 is 1.40 bits per heavy atom. The van der Waals surface area contributed by atoms with Crippen molar-refractivity contribution in [2.45, 2.75) is 23.8 Å². The van der Waals surface area contributed by atoms with Crippen molar-refractivity contribution < 1.29 is 18.0 Å². The van der Waals surface area contributed by atoms with E-state index in [2.05, 4.69) is 5.32 Å². The predicted octanol–water partition coefficient (Wildman–Crippen LogP) is -0.493. The number of nitrogens with two attached hydrogens (primary N) is 1. The van der Waals surface area contributed by atoms with E-state index >= 15 is 0 Å². The van der Waals surface area contributed by atoms with Crippen molar-refractivity contribution in [3.63, 3.8) is 0 Å². The Kier molecular flexibility index (Phi) is 4.81. The highest BCUT2D eigenvalue weighted by atomic mass is 32.2. The molecule has 2 saturated heterocycles. The molecule has 2 aliphatic heterocycles. The number of likely N-dealkylation sites (N-methyl/N-ethyl adjacent to an activating group) is 1. The Labute approximate surface area is 147 Å². The Balaban J connectivity index is 1.75. The number of rotatable bonds is 4. The van der Waals surface area contributed by atoms with E-state index in [1.807, 2.05) is 0 Å². The normalized spacial score (nSPS) is 23.9. The summed E-state index contributed by atoms with van der Waals surface area (Å²) < 4.78 is 23.0. The zero-order valence-corrected chi connectivity index (χ0v) is 14.8. The molecule has 0 aliphatic carbocycles. The largest absolute Gasteiger partial charge is 0.341 e. The number of sulfonamides is 1. The summed E-state index contributed by atoms with van der Waals surface area (Å²) in [5, 5.41) is 8.37. The molecule has 0 radical (unpaired) electrons. The monoisotopic (exact) mass is 366 g/mol. The summed E-state index contributed by atoms with van der Waals surface area (Å²) in [7, 11) is -2.07. The fourth-order valence-electron chi connectivity index (χ4n) is 3.39. The quantitative estimate of drug-likeness (QED) is 0.746. The standard InChI is InChI=1S/C16H22N4O4S/c1-19(13-5-6-18-9-13)16(22)11-7-15(21)20(10-11)12-3-2-4-14(8-12)25(17,23)24/h2-4,8,11,13,18H,5-7,9-10H2,1H3,(H2,17,23,24). The van der Waals surface area contributed by atoms with Gasteiger partial charge >= 0.3 is 0 Å². The first-order chi connectivity index (χ1) is 11.8. The van der Waals surface area contributed by atoms with E-state index in [0.717, 1.165) is 19.5 Å². The van der Waals surface area contributed by atoms with Crippen LogP contribution in [0.3, 0.4) is 0 Å². The first-order valence-electron chi connectivity index (χ1n) is 8.18. The van der Waals surface area contributed by atoms with Crippen LogP contribution in [0.5, 0.6) is 0 Å². The minimum atomic E-state index is -3.85. The number of hydrogen-bond acceptors (Lipinski definition) is 5. The summed E-state index contributed by atoms with van der Waals surface area (Å²) in [5.41, 5.74) is 0.442. The zero-order valence-electron chi connectivity index (χ0n) is 14.0. The molecule has 2 unspecified atom stereocenters. The summed E-state index contributed by atoms with van der Waals surface area (Å²) >= 11 is 0. The zero-order chi connectivity index (χ0) is 18.2. The van der Waals surface area contributed by atoms with E-state index in [4.69, 9.17) is 5.14 Å². The average Bonchev–Trinajstić information content (AvgIpc) is 3.22. The molecule has 9 heteroatoms. The van der Waals surface area contributed by atoms with Gasteiger partial charge in [0, 0.05) is 38.3 Å². The second-order valence-electron chi connectivity index (χ2n) is 6.54. The van der Waals surface area contributed by atoms with Crippen molar-refractivity contribution >= 4 is 27.5 Å². The molecule has 25 heavy (non-hydrogen) atoms. The van der Waals surface area contributed by atoms with E-state index < -0.39 is 15.9 Å². The van der Waals surface area contributed by atoms with E-state index in [0.29, 0.717) is 5.69 Å². The van der Waals surface area contributed by atoms with Gasteiger partial charge in [0.05, 0.1) is 10.8 Å². The lowest BCUT2D eigenvalue weighted by Gasteiger charge is -2.26. The molecule has 8 nitrogen and oxygen atoms in total. The molecule has 0 bridgehead atoms. The average molecular weight is 366 g/mol. The van der Waals surface area contributed by atoms with Crippen molar-refractivity contribution in [3.05, 3.63) is 24.3 Å². The molecule has 0 aromatic heterocycles. The third-order valence-electron chi connectivity index (χ3n) is 4.86. The molecule has 0 spiro atoms. The lowest BCUT2D eigenvalue weighted by molar-refractivity contribution is -0.136. The molecule has 1 aromatic rings. The minimum absolute atomic E-state index is 0.0489. The van der Waals surface area contributed by atoms with E-state index in [9.17, 15) is 18.0 Å². The maximum atomic E-state index is 12.7. The van der Waals surface area contributed by atoms with E-state index in [1.54, 1.807) is 18.0 Å². The van der Waals surface area contributed by atoms with Gasteiger partial charge in [-0.05, 0) is 31.2 Å². The van der Waals surface area contributed by atoms with Gasteiger partial charge in [0.15, 0.2) is 0 Å². The number of hydrogen-bond donors (Lipinski definition) is 2. The van der Waals surface area contributed by atoms with Crippen LogP contribution in [-0.4, -0.2) is 57.9 Å². The van der Waals surface area contributed by atoms with Crippen LogP contribution in [0, 0.1) is 5.92 Å². The van der Waals surface area contributed by atoms with Crippen molar-refractivity contribution in [2.75, 3.05) is 31.6 Å². The van der Waals surface area contributed by atoms with E-state index in [-0.39, 0.29) is 35.7 Å². The summed E-state index contributed by atoms with van der Waals surface area (Å²) in [6.45, 7) is 1.90. The van der Waals surface area contributed by atoms with Crippen molar-refractivity contribution in [1.29, 1.82) is 0 Å². The smallest absolute Gasteiger partial charge is 0.238 e. The topological polar surface area (TPSA) is 113 Å². The van der Waals surface area contributed by atoms with Gasteiger partial charge < -0.3 is 15.1 Å². The van der Waals surface area contributed by atoms with Crippen LogP contribution in [0.15, 0.2) is 29.2 Å². The first-order valence-corrected chi connectivity index (χ1v) is 9.72. The maximum Gasteiger partial charge on any atom is 0.238 e. The van der Waals surface area contributed by atoms with Gasteiger partial charge in [-0.2, -0.15) is 0 Å². The molecule has 2 aliphatic rings. The number of amides is 2. The molecule has 3 rings (SSSR count). The van der Waals surface area contributed by atoms with Crippen LogP contribution in [0.2, 0.25) is 0 Å². The van der Waals surface area contributed by atoms with Crippen LogP contribution >= 0.6 is 0 Å². The SMILES string of the molecule is CN(C(=O)C1CC(=O)N(c2cccc(S(N)(=O)=O)c2)C1)C1CCNC1. The van der Waals surface area contributed by atoms with Crippen LogP contribution < -0.4 is 15.4 Å². The molecule has 0 saturated carbocycles. The highest BCUT2D eigenvalue weighted by Gasteiger charge is 2.38. The lowest BCUT2D eigenvalue weighted by Crippen LogP contribution is -2.42. The summed E-state index contributed by atoms with van der Waals surface area (Å²) in [6.07, 6.45) is 1.03. The number of nitrogens with zero attached hydrogens (tertiary/aromatic N) is 2. The molecule has 2 amide bonds. The van der Waals surface area contributed by atoms with Crippen LogP contribution in [0.1, 0.15) is 12.8 Å². The molecule has 2 atom stereocenters. The molecular formula is C16H22N4O4S. The maximum absolute atomic E-state index is 12.7. The third kappa shape index (κ3) is 3.68. The van der Waals surface area contributed by atoms with E-state index in [1.165, 1.54) is 23.1 Å². The Hall–Kier alpha value is -1.97. The fourth-order valence-corrected chi connectivity index (χ4v) is 3.94. The second-order valence-corrected chi connectivity index (χ2v) is 8.10. The van der Waals surface area contributed by atoms with Crippen LogP contribution in [-0.2, 0) is 19.6 Å². The highest BCUT2D eigenvalue weighted by molar-refractivity contribution is 7.89. The van der Waals surface area contributed by atoms with Crippen LogP contribution in [0.4, 0.5) is 5.69 Å². The number of carbonyl (C=O) groups excluding carboxylic acids is 2. The number of benzene rings is 1. The second kappa shape index (κ2) is 6.74. The summed E-state index contributed by atoms with van der Waals surface area (Å²) in [6, 6.07) is 6.08. The van der Waals surface area contributed by atoms with Gasteiger partial charge in [-0.3, -0.25) is 9.59 Å². The van der Waals surface area contributed by atoms with Gasteiger partial charge in [0.1, 0.15) is 0 Å². The molecule has 136 valence electrons. The number of nitrogens with one attached hydrogen (secondary N) is 1. The van der Waals surface area contributed by atoms with Gasteiger partial charge in [-0.1, -0.05) is 6.07 Å². The molecule has 1 aromatic carbocycles. The minimum Gasteiger partial charge on any atom is -0.341 e. The molecule has 2 fully saturated rings. The summed E-state index contributed by atoms with van der Waals surface area (Å²) in [4.78, 5) is 28.2. The van der Waals surface area contributed by atoms with Gasteiger partial charge in [0.2, 0.25) is 21.8 Å². The third-order valence-corrected chi connectivity index (χ3v) is 5.77. The Bertz CT molecular complexity index is 789. The Morgan fingerprint density at radius 3 is 2.80 bits per heavy atom. The predicted molar refractivity (Wildman–Crippen MR) is 92.3 cm³/mol. The van der Waals surface area contributed by atoms with Crippen molar-refractivity contribution in [3.8, 4) is 0 Å². The van der Waals surface area contributed by atoms with Crippen LogP contribution in [0.25, 0.3) is 0 Å². The number of anilines is 1. The molecular weight excluding hydrogens is 344 g/mol. The fraction of sp³-hybridized carbons (Fsp3) is 0.500. The highest BCUT2D eigenvalue weighted by Crippen LogP contribution is 2.28. The Morgan fingerprint density at radius 2 is 2.16 bits per heavy atom. The summed E-state index contributed by atoms with van der Waals surface area (Å²) in [5.74, 6) is -0.661. The van der Waals surface area contributed by atoms with Crippen molar-refractivity contribution in [1.82, 2.24) is 10.2 Å². The van der Waals surface area contributed by atoms with Crippen molar-refractivity contribution in [2.24, 2.45) is 11.1 Å². The molecule has 3 N–H and O–H groups in total. The lowest BCUT2D eigenvalue weighted by atomic mass is 10.1. The van der Waals surface area contributed by atoms with Gasteiger partial charge in [-0.15, -0.1) is 0 Å². The van der Waals surface area contributed by atoms with Gasteiger partial charge in [0.25, 0.3) is 0 Å².